The zero-order valence-electron chi connectivity index (χ0n) is 21.8. The van der Waals surface area contributed by atoms with E-state index in [4.69, 9.17) is 16.6 Å². The third-order valence-corrected chi connectivity index (χ3v) is 9.17. The fraction of sp³-hybridized carbons (Fsp3) is 0.429. The first-order chi connectivity index (χ1) is 18.0. The van der Waals surface area contributed by atoms with Gasteiger partial charge in [0.25, 0.3) is 0 Å². The van der Waals surface area contributed by atoms with Gasteiger partial charge in [0.2, 0.25) is 15.9 Å². The number of nitrogens with one attached hydrogen (secondary N) is 1. The summed E-state index contributed by atoms with van der Waals surface area (Å²) in [4.78, 5) is 19.9. The molecule has 0 spiro atoms. The quantitative estimate of drug-likeness (QED) is 0.479. The highest BCUT2D eigenvalue weighted by atomic mass is 35.5. The lowest BCUT2D eigenvalue weighted by Crippen LogP contribution is -2.53. The van der Waals surface area contributed by atoms with Crippen molar-refractivity contribution in [3.63, 3.8) is 0 Å². The number of piperidine rings is 1. The molecule has 0 saturated carbocycles. The lowest BCUT2D eigenvalue weighted by atomic mass is 9.94. The Kier molecular flexibility index (Phi) is 8.59. The molecule has 0 aromatic heterocycles. The van der Waals surface area contributed by atoms with Crippen LogP contribution < -0.4 is 5.32 Å². The van der Waals surface area contributed by atoms with E-state index >= 15 is 0 Å². The highest BCUT2D eigenvalue weighted by Crippen LogP contribution is 2.27. The molecule has 2 aliphatic heterocycles. The molecular formula is C28H34ClFN4O3S. The molecule has 7 nitrogen and oxygen atoms in total. The lowest BCUT2D eigenvalue weighted by molar-refractivity contribution is -0.134. The van der Waals surface area contributed by atoms with Crippen LogP contribution >= 0.6 is 11.6 Å². The molecule has 2 heterocycles. The van der Waals surface area contributed by atoms with Crippen LogP contribution in [-0.4, -0.2) is 60.6 Å². The number of hydrogen-bond donors (Lipinski definition) is 1. The molecule has 1 atom stereocenters. The minimum absolute atomic E-state index is 0.00282. The van der Waals surface area contributed by atoms with E-state index in [9.17, 15) is 17.6 Å². The van der Waals surface area contributed by atoms with E-state index in [-0.39, 0.29) is 35.3 Å². The van der Waals surface area contributed by atoms with Gasteiger partial charge in [-0.15, -0.1) is 0 Å². The van der Waals surface area contributed by atoms with Gasteiger partial charge in [-0.1, -0.05) is 42.4 Å². The van der Waals surface area contributed by atoms with Gasteiger partial charge in [-0.25, -0.2) is 12.8 Å². The minimum Gasteiger partial charge on any atom is -0.363 e. The van der Waals surface area contributed by atoms with Crippen molar-refractivity contribution in [3.05, 3.63) is 77.1 Å². The van der Waals surface area contributed by atoms with Crippen molar-refractivity contribution in [1.82, 2.24) is 14.5 Å². The average Bonchev–Trinajstić information content (AvgIpc) is 3.23. The minimum atomic E-state index is -3.89. The second-order valence-electron chi connectivity index (χ2n) is 10.4. The Morgan fingerprint density at radius 1 is 1.18 bits per heavy atom. The molecule has 10 heteroatoms. The van der Waals surface area contributed by atoms with Crippen molar-refractivity contribution >= 4 is 33.4 Å². The SMILES string of the molecule is C=C(CCN(Cc1ccc(Cl)c(F)c1)S(=O)(=O)c1ccccc1)C1=N[C@@H](C(=O)N2CCCCC2)C(C)(C)N1. The second kappa shape index (κ2) is 11.6. The summed E-state index contributed by atoms with van der Waals surface area (Å²) in [5, 5.41) is 3.30. The molecule has 4 rings (SSSR count). The molecule has 2 aromatic rings. The monoisotopic (exact) mass is 560 g/mol. The van der Waals surface area contributed by atoms with Crippen molar-refractivity contribution in [2.24, 2.45) is 4.99 Å². The molecule has 2 aromatic carbocycles. The summed E-state index contributed by atoms with van der Waals surface area (Å²) in [6.07, 6.45) is 3.40. The summed E-state index contributed by atoms with van der Waals surface area (Å²) in [6.45, 7) is 9.56. The number of benzene rings is 2. The Morgan fingerprint density at radius 3 is 2.53 bits per heavy atom. The molecule has 2 aliphatic rings. The number of rotatable bonds is 9. The molecular weight excluding hydrogens is 527 g/mol. The van der Waals surface area contributed by atoms with Crippen LogP contribution in [0.3, 0.4) is 0 Å². The molecule has 1 saturated heterocycles. The van der Waals surface area contributed by atoms with Crippen LogP contribution in [0.2, 0.25) is 5.02 Å². The van der Waals surface area contributed by atoms with E-state index in [0.717, 1.165) is 32.4 Å². The topological polar surface area (TPSA) is 82.1 Å². The van der Waals surface area contributed by atoms with E-state index in [1.54, 1.807) is 24.3 Å². The molecule has 0 unspecified atom stereocenters. The zero-order chi connectivity index (χ0) is 27.5. The van der Waals surface area contributed by atoms with Crippen LogP contribution in [-0.2, 0) is 21.4 Å². The largest absolute Gasteiger partial charge is 0.363 e. The summed E-state index contributed by atoms with van der Waals surface area (Å²) in [7, 11) is -3.89. The lowest BCUT2D eigenvalue weighted by Gasteiger charge is -2.33. The number of amides is 1. The Bertz CT molecular complexity index is 1320. The van der Waals surface area contributed by atoms with E-state index in [2.05, 4.69) is 11.9 Å². The smallest absolute Gasteiger partial charge is 0.249 e. The summed E-state index contributed by atoms with van der Waals surface area (Å²) in [5.41, 5.74) is 0.480. The number of carbonyl (C=O) groups is 1. The van der Waals surface area contributed by atoms with Crippen LogP contribution in [0.4, 0.5) is 4.39 Å². The Hall–Kier alpha value is -2.75. The Morgan fingerprint density at radius 2 is 1.87 bits per heavy atom. The van der Waals surface area contributed by atoms with Crippen LogP contribution in [0.1, 0.15) is 45.1 Å². The molecule has 1 N–H and O–H groups in total. The maximum Gasteiger partial charge on any atom is 0.249 e. The summed E-state index contributed by atoms with van der Waals surface area (Å²) in [6, 6.07) is 11.8. The molecule has 0 aliphatic carbocycles. The predicted octanol–water partition coefficient (Wildman–Crippen LogP) is 4.78. The molecule has 0 radical (unpaired) electrons. The van der Waals surface area contributed by atoms with Crippen molar-refractivity contribution in [3.8, 4) is 0 Å². The van der Waals surface area contributed by atoms with E-state index in [1.807, 2.05) is 18.7 Å². The van der Waals surface area contributed by atoms with Crippen molar-refractivity contribution in [1.29, 1.82) is 0 Å². The number of amidine groups is 1. The second-order valence-corrected chi connectivity index (χ2v) is 12.7. The Labute approximate surface area is 229 Å². The summed E-state index contributed by atoms with van der Waals surface area (Å²) >= 11 is 5.82. The predicted molar refractivity (Wildman–Crippen MR) is 148 cm³/mol. The molecule has 204 valence electrons. The molecule has 1 fully saturated rings. The van der Waals surface area contributed by atoms with E-state index in [1.165, 1.54) is 28.6 Å². The number of aliphatic imine (C=N–C) groups is 1. The van der Waals surface area contributed by atoms with Gasteiger partial charge in [0.1, 0.15) is 11.7 Å². The van der Waals surface area contributed by atoms with Gasteiger partial charge in [0.05, 0.1) is 15.5 Å². The molecule has 0 bridgehead atoms. The number of hydrogen-bond acceptors (Lipinski definition) is 5. The van der Waals surface area contributed by atoms with Gasteiger partial charge >= 0.3 is 0 Å². The Balaban J connectivity index is 1.52. The van der Waals surface area contributed by atoms with E-state index < -0.39 is 27.4 Å². The number of likely N-dealkylation sites (tertiary alicyclic amines) is 1. The molecule has 38 heavy (non-hydrogen) atoms. The first kappa shape index (κ1) is 28.3. The van der Waals surface area contributed by atoms with Crippen LogP contribution in [0.15, 0.2) is 70.6 Å². The normalized spacial score (nSPS) is 19.2. The first-order valence-corrected chi connectivity index (χ1v) is 14.6. The van der Waals surface area contributed by atoms with E-state index in [0.29, 0.717) is 17.0 Å². The standard InChI is InChI=1S/C28H34ClFN4O3S/c1-20(26-31-25(28(2,3)32-26)27(35)33-15-8-5-9-16-33)14-17-34(19-21-12-13-23(29)24(30)18-21)38(36,37)22-10-6-4-7-11-22/h4,6-7,10-13,18,25H,1,5,8-9,14-17,19H2,2-3H3,(H,31,32)/t25-/m0/s1. The van der Waals surface area contributed by atoms with Crippen molar-refractivity contribution in [2.45, 2.75) is 62.6 Å². The van der Waals surface area contributed by atoms with Crippen LogP contribution in [0, 0.1) is 5.82 Å². The summed E-state index contributed by atoms with van der Waals surface area (Å²) in [5.74, 6) is -0.0928. The van der Waals surface area contributed by atoms with Crippen molar-refractivity contribution < 1.29 is 17.6 Å². The number of carbonyl (C=O) groups excluding carboxylic acids is 1. The van der Waals surface area contributed by atoms with Crippen LogP contribution in [0.5, 0.6) is 0 Å². The van der Waals surface area contributed by atoms with Gasteiger partial charge in [-0.3, -0.25) is 9.79 Å². The molecule has 1 amide bonds. The van der Waals surface area contributed by atoms with Gasteiger partial charge in [0, 0.05) is 26.2 Å². The van der Waals surface area contributed by atoms with Gasteiger partial charge in [-0.2, -0.15) is 4.31 Å². The maximum absolute atomic E-state index is 14.1. The third kappa shape index (κ3) is 6.27. The van der Waals surface area contributed by atoms with Crippen molar-refractivity contribution in [2.75, 3.05) is 19.6 Å². The number of halogens is 2. The zero-order valence-corrected chi connectivity index (χ0v) is 23.4. The maximum atomic E-state index is 14.1. The number of nitrogens with zero attached hydrogens (tertiary/aromatic N) is 3. The highest BCUT2D eigenvalue weighted by molar-refractivity contribution is 7.89. The highest BCUT2D eigenvalue weighted by Gasteiger charge is 2.43. The van der Waals surface area contributed by atoms with Crippen LogP contribution in [0.25, 0.3) is 0 Å². The first-order valence-electron chi connectivity index (χ1n) is 12.8. The third-order valence-electron chi connectivity index (χ3n) is 7.01. The number of sulfonamides is 1. The van der Waals surface area contributed by atoms with Gasteiger partial charge in [0.15, 0.2) is 6.04 Å². The summed E-state index contributed by atoms with van der Waals surface area (Å²) < 4.78 is 42.5. The fourth-order valence-corrected chi connectivity index (χ4v) is 6.34. The van der Waals surface area contributed by atoms with Gasteiger partial charge < -0.3 is 10.2 Å². The fourth-order valence-electron chi connectivity index (χ4n) is 4.77. The van der Waals surface area contributed by atoms with Gasteiger partial charge in [-0.05, 0) is 74.9 Å². The average molecular weight is 561 g/mol.